The summed E-state index contributed by atoms with van der Waals surface area (Å²) in [6.45, 7) is 0.376. The Morgan fingerprint density at radius 2 is 1.61 bits per heavy atom. The predicted octanol–water partition coefficient (Wildman–Crippen LogP) is 4.08. The van der Waals surface area contributed by atoms with E-state index in [4.69, 9.17) is 14.2 Å². The molecule has 4 atom stereocenters. The van der Waals surface area contributed by atoms with E-state index >= 15 is 4.39 Å². The maximum absolute atomic E-state index is 15.4. The lowest BCUT2D eigenvalue weighted by Crippen LogP contribution is -2.34. The summed E-state index contributed by atoms with van der Waals surface area (Å²) in [7, 11) is 0. The molecule has 168 valence electrons. The van der Waals surface area contributed by atoms with Crippen LogP contribution in [0.25, 0.3) is 33.3 Å². The highest BCUT2D eigenvalue weighted by Gasteiger charge is 2.48. The van der Waals surface area contributed by atoms with Gasteiger partial charge in [0.15, 0.2) is 11.9 Å². The van der Waals surface area contributed by atoms with Crippen molar-refractivity contribution in [1.82, 2.24) is 9.97 Å². The smallest absolute Gasteiger partial charge is 0.295 e. The highest BCUT2D eigenvalue weighted by atomic mass is 19.1. The maximum atomic E-state index is 15.4. The number of imidazole rings is 1. The molecule has 3 heterocycles. The number of aromatic nitrogens is 2. The van der Waals surface area contributed by atoms with Gasteiger partial charge in [0.1, 0.15) is 29.6 Å². The van der Waals surface area contributed by atoms with E-state index < -0.39 is 36.1 Å². The molecule has 8 heteroatoms. The summed E-state index contributed by atoms with van der Waals surface area (Å²) in [6, 6.07) is 18.1. The molecule has 0 spiro atoms. The number of aliphatic hydroxyl groups is 1. The van der Waals surface area contributed by atoms with Gasteiger partial charge in [-0.25, -0.2) is 8.78 Å². The van der Waals surface area contributed by atoms with Crippen LogP contribution in [0, 0.1) is 11.6 Å². The fourth-order valence-corrected chi connectivity index (χ4v) is 4.53. The molecule has 0 saturated carbocycles. The van der Waals surface area contributed by atoms with Crippen molar-refractivity contribution >= 4 is 11.0 Å². The minimum absolute atomic E-state index is 0.0172. The Bertz CT molecular complexity index is 1310. The lowest BCUT2D eigenvalue weighted by Gasteiger charge is -2.15. The molecular formula is C25H20F2N2O4. The van der Waals surface area contributed by atoms with Crippen LogP contribution >= 0.6 is 0 Å². The summed E-state index contributed by atoms with van der Waals surface area (Å²) in [6.07, 6.45) is -2.11. The summed E-state index contributed by atoms with van der Waals surface area (Å²) in [5.74, 6) is -1.47. The van der Waals surface area contributed by atoms with Crippen molar-refractivity contribution in [2.75, 3.05) is 13.2 Å². The zero-order valence-electron chi connectivity index (χ0n) is 17.4. The average Bonchev–Trinajstić information content (AvgIpc) is 3.52. The standard InChI is InChI=1S/C25H20F2N2O4/c26-16-10-17-22(29-25(28-17)33-19-12-32-23-18(30)11-31-24(19)23)21(27)20(16)15-8-6-14(7-9-15)13-4-2-1-3-5-13/h1-10,18-19,23-24,30H,11-12H2,(H,28,29)/t18-,19+,23-,24-/m1/s1. The van der Waals surface area contributed by atoms with Gasteiger partial charge in [-0.15, -0.1) is 0 Å². The number of aromatic amines is 1. The number of fused-ring (bicyclic) bond motifs is 2. The molecule has 0 unspecified atom stereocenters. The number of halogens is 2. The fourth-order valence-electron chi connectivity index (χ4n) is 4.53. The molecule has 6 nitrogen and oxygen atoms in total. The number of rotatable bonds is 4. The molecule has 2 aliphatic rings. The number of benzene rings is 3. The number of nitrogens with zero attached hydrogens (tertiary/aromatic N) is 1. The predicted molar refractivity (Wildman–Crippen MR) is 117 cm³/mol. The van der Waals surface area contributed by atoms with Crippen LogP contribution in [0.5, 0.6) is 6.01 Å². The van der Waals surface area contributed by atoms with Gasteiger partial charge in [-0.2, -0.15) is 4.98 Å². The van der Waals surface area contributed by atoms with Gasteiger partial charge < -0.3 is 24.3 Å². The number of hydrogen-bond acceptors (Lipinski definition) is 5. The topological polar surface area (TPSA) is 76.6 Å². The Kier molecular flexibility index (Phi) is 4.86. The van der Waals surface area contributed by atoms with Crippen molar-refractivity contribution in [3.8, 4) is 28.3 Å². The summed E-state index contributed by atoms with van der Waals surface area (Å²) in [4.78, 5) is 7.03. The molecule has 33 heavy (non-hydrogen) atoms. The van der Waals surface area contributed by atoms with Gasteiger partial charge in [0.2, 0.25) is 0 Å². The first kappa shape index (κ1) is 20.3. The van der Waals surface area contributed by atoms with Crippen molar-refractivity contribution in [2.24, 2.45) is 0 Å². The highest BCUT2D eigenvalue weighted by molar-refractivity contribution is 5.84. The molecular weight excluding hydrogens is 430 g/mol. The normalized spacial score (nSPS) is 24.3. The van der Waals surface area contributed by atoms with Gasteiger partial charge >= 0.3 is 0 Å². The molecule has 0 amide bonds. The van der Waals surface area contributed by atoms with E-state index in [-0.39, 0.29) is 35.8 Å². The van der Waals surface area contributed by atoms with Crippen LogP contribution in [0.2, 0.25) is 0 Å². The van der Waals surface area contributed by atoms with E-state index in [0.29, 0.717) is 5.56 Å². The molecule has 1 aromatic heterocycles. The van der Waals surface area contributed by atoms with Crippen molar-refractivity contribution in [3.63, 3.8) is 0 Å². The largest absolute Gasteiger partial charge is 0.456 e. The van der Waals surface area contributed by atoms with Crippen LogP contribution in [0.3, 0.4) is 0 Å². The van der Waals surface area contributed by atoms with Gasteiger partial charge in [0.25, 0.3) is 6.01 Å². The third-order valence-electron chi connectivity index (χ3n) is 6.17. The Morgan fingerprint density at radius 1 is 0.909 bits per heavy atom. The Morgan fingerprint density at radius 3 is 2.39 bits per heavy atom. The maximum Gasteiger partial charge on any atom is 0.295 e. The quantitative estimate of drug-likeness (QED) is 0.490. The van der Waals surface area contributed by atoms with Crippen molar-refractivity contribution in [1.29, 1.82) is 0 Å². The zero-order valence-corrected chi connectivity index (χ0v) is 17.4. The Labute approximate surface area is 187 Å². The SMILES string of the molecule is O[C@@H]1CO[C@H]2[C@@H]1OC[C@@H]2Oc1nc2c(F)c(-c3ccc(-c4ccccc4)cc3)c(F)cc2[nH]1. The molecule has 2 aliphatic heterocycles. The van der Waals surface area contributed by atoms with Crippen LogP contribution in [-0.4, -0.2) is 52.7 Å². The van der Waals surface area contributed by atoms with Gasteiger partial charge in [0, 0.05) is 6.07 Å². The monoisotopic (exact) mass is 450 g/mol. The van der Waals surface area contributed by atoms with Crippen LogP contribution in [-0.2, 0) is 9.47 Å². The molecule has 0 aliphatic carbocycles. The first-order chi connectivity index (χ1) is 16.1. The van der Waals surface area contributed by atoms with Crippen molar-refractivity contribution < 1.29 is 28.1 Å². The molecule has 4 aromatic rings. The van der Waals surface area contributed by atoms with Gasteiger partial charge in [-0.05, 0) is 16.7 Å². The Hall–Kier alpha value is -3.33. The van der Waals surface area contributed by atoms with E-state index in [1.165, 1.54) is 6.07 Å². The first-order valence-electron chi connectivity index (χ1n) is 10.7. The number of aliphatic hydroxyl groups excluding tert-OH is 1. The van der Waals surface area contributed by atoms with Crippen molar-refractivity contribution in [2.45, 2.75) is 24.4 Å². The molecule has 2 saturated heterocycles. The summed E-state index contributed by atoms with van der Waals surface area (Å²) in [5.41, 5.74) is 2.41. The van der Waals surface area contributed by atoms with E-state index in [1.54, 1.807) is 12.1 Å². The molecule has 2 N–H and O–H groups in total. The summed E-state index contributed by atoms with van der Waals surface area (Å²) < 4.78 is 47.2. The highest BCUT2D eigenvalue weighted by Crippen LogP contribution is 2.34. The molecule has 0 bridgehead atoms. The number of H-pyrrole nitrogens is 1. The van der Waals surface area contributed by atoms with Crippen molar-refractivity contribution in [3.05, 3.63) is 72.3 Å². The molecule has 3 aromatic carbocycles. The van der Waals surface area contributed by atoms with Crippen LogP contribution < -0.4 is 4.74 Å². The van der Waals surface area contributed by atoms with E-state index in [2.05, 4.69) is 9.97 Å². The van der Waals surface area contributed by atoms with Gasteiger partial charge in [-0.3, -0.25) is 0 Å². The van der Waals surface area contributed by atoms with Crippen LogP contribution in [0.15, 0.2) is 60.7 Å². The molecule has 0 radical (unpaired) electrons. The van der Waals surface area contributed by atoms with Crippen LogP contribution in [0.4, 0.5) is 8.78 Å². The average molecular weight is 450 g/mol. The summed E-state index contributed by atoms with van der Waals surface area (Å²) >= 11 is 0. The second kappa shape index (κ2) is 7.91. The third-order valence-corrected chi connectivity index (χ3v) is 6.17. The number of nitrogens with one attached hydrogen (secondary N) is 1. The number of hydrogen-bond donors (Lipinski definition) is 2. The lowest BCUT2D eigenvalue weighted by atomic mass is 9.99. The van der Waals surface area contributed by atoms with E-state index in [0.717, 1.165) is 11.1 Å². The van der Waals surface area contributed by atoms with Crippen LogP contribution in [0.1, 0.15) is 0 Å². The lowest BCUT2D eigenvalue weighted by molar-refractivity contribution is 0.00706. The number of ether oxygens (including phenoxy) is 3. The molecule has 6 rings (SSSR count). The second-order valence-electron chi connectivity index (χ2n) is 8.25. The second-order valence-corrected chi connectivity index (χ2v) is 8.25. The van der Waals surface area contributed by atoms with E-state index in [1.807, 2.05) is 42.5 Å². The zero-order chi connectivity index (χ0) is 22.5. The molecule has 2 fully saturated rings. The Balaban J connectivity index is 1.30. The fraction of sp³-hybridized carbons (Fsp3) is 0.240. The third kappa shape index (κ3) is 3.47. The minimum Gasteiger partial charge on any atom is -0.456 e. The summed E-state index contributed by atoms with van der Waals surface area (Å²) in [5, 5.41) is 9.86. The van der Waals surface area contributed by atoms with E-state index in [9.17, 15) is 9.50 Å². The minimum atomic E-state index is -0.767. The first-order valence-corrected chi connectivity index (χ1v) is 10.7. The van der Waals surface area contributed by atoms with Gasteiger partial charge in [0.05, 0.1) is 24.3 Å². The van der Waals surface area contributed by atoms with Gasteiger partial charge in [-0.1, -0.05) is 54.6 Å².